The maximum absolute atomic E-state index is 14.0. The predicted molar refractivity (Wildman–Crippen MR) is 154 cm³/mol. The molecule has 1 aliphatic heterocycles. The Labute approximate surface area is 230 Å². The summed E-state index contributed by atoms with van der Waals surface area (Å²) in [5, 5.41) is 13.0. The molecule has 6 nitrogen and oxygen atoms in total. The van der Waals surface area contributed by atoms with Gasteiger partial charge in [0, 0.05) is 55.7 Å². The summed E-state index contributed by atoms with van der Waals surface area (Å²) in [6.07, 6.45) is 20.9. The van der Waals surface area contributed by atoms with Gasteiger partial charge in [-0.15, -0.1) is 18.0 Å². The summed E-state index contributed by atoms with van der Waals surface area (Å²) < 4.78 is 19.6. The first-order valence-corrected chi connectivity index (χ1v) is 12.9. The molecule has 0 saturated carbocycles. The number of hydrogen-bond acceptors (Lipinski definition) is 6. The summed E-state index contributed by atoms with van der Waals surface area (Å²) in [6.45, 7) is 8.17. The second-order valence-corrected chi connectivity index (χ2v) is 9.01. The standard InChI is InChI=1S/C30H36ClFN4O2/c1-6-22(2)25-14-18-38-27(19-25)12-9-16-33-30-34-20-23(3)29(35-30)36(5)17-10-11-26(21-37)28(24(4)32)13-7-8-15-31/h1,7-10,12-13,17,20,22,26,37H,4,11,14-16,18,21H2,2-3,5H3,(H,33,34,35)/b8-7-,12-9-,17-10-,28-13+. The third-order valence-electron chi connectivity index (χ3n) is 5.84. The van der Waals surface area contributed by atoms with Crippen molar-refractivity contribution in [3.63, 3.8) is 0 Å². The highest BCUT2D eigenvalue weighted by atomic mass is 35.5. The van der Waals surface area contributed by atoms with E-state index in [1.165, 1.54) is 0 Å². The lowest BCUT2D eigenvalue weighted by Gasteiger charge is -2.18. The smallest absolute Gasteiger partial charge is 0.224 e. The van der Waals surface area contributed by atoms with Crippen molar-refractivity contribution in [2.24, 2.45) is 11.8 Å². The number of halogens is 2. The summed E-state index contributed by atoms with van der Waals surface area (Å²) >= 11 is 5.63. The van der Waals surface area contributed by atoms with Crippen molar-refractivity contribution < 1.29 is 14.2 Å². The lowest BCUT2D eigenvalue weighted by molar-refractivity contribution is 0.219. The van der Waals surface area contributed by atoms with Gasteiger partial charge >= 0.3 is 0 Å². The van der Waals surface area contributed by atoms with Gasteiger partial charge in [-0.05, 0) is 37.5 Å². The minimum atomic E-state index is -0.577. The molecular formula is C30H36ClFN4O2. The Hall–Kier alpha value is -3.56. The van der Waals surface area contributed by atoms with Crippen molar-refractivity contribution in [1.29, 1.82) is 0 Å². The van der Waals surface area contributed by atoms with Crippen LogP contribution in [0.3, 0.4) is 0 Å². The number of allylic oxidation sites excluding steroid dienone is 5. The van der Waals surface area contributed by atoms with Gasteiger partial charge in [-0.1, -0.05) is 48.6 Å². The number of anilines is 2. The van der Waals surface area contributed by atoms with Crippen LogP contribution in [0.15, 0.2) is 83.9 Å². The van der Waals surface area contributed by atoms with Crippen LogP contribution in [0.2, 0.25) is 0 Å². The molecule has 0 bridgehead atoms. The normalized spacial score (nSPS) is 15.7. The quantitative estimate of drug-likeness (QED) is 0.131. The number of rotatable bonds is 14. The molecule has 0 fully saturated rings. The van der Waals surface area contributed by atoms with Crippen molar-refractivity contribution in [2.45, 2.75) is 26.7 Å². The maximum atomic E-state index is 14.0. The molecule has 2 N–H and O–H groups in total. The van der Waals surface area contributed by atoms with Crippen molar-refractivity contribution >= 4 is 23.4 Å². The van der Waals surface area contributed by atoms with Gasteiger partial charge in [0.15, 0.2) is 5.76 Å². The minimum absolute atomic E-state index is 0.0419. The van der Waals surface area contributed by atoms with Crippen LogP contribution in [-0.4, -0.2) is 47.8 Å². The molecule has 2 heterocycles. The van der Waals surface area contributed by atoms with E-state index in [1.54, 1.807) is 24.4 Å². The van der Waals surface area contributed by atoms with Gasteiger partial charge in [-0.2, -0.15) is 4.98 Å². The van der Waals surface area contributed by atoms with Gasteiger partial charge in [0.25, 0.3) is 0 Å². The molecule has 2 rings (SSSR count). The van der Waals surface area contributed by atoms with Crippen molar-refractivity contribution in [3.05, 3.63) is 89.5 Å². The fourth-order valence-electron chi connectivity index (χ4n) is 3.66. The second-order valence-electron chi connectivity index (χ2n) is 8.71. The molecule has 0 saturated heterocycles. The average Bonchev–Trinajstić information content (AvgIpc) is 2.92. The van der Waals surface area contributed by atoms with E-state index in [9.17, 15) is 9.50 Å². The van der Waals surface area contributed by atoms with Crippen LogP contribution in [0.5, 0.6) is 0 Å². The van der Waals surface area contributed by atoms with Gasteiger partial charge in [-0.25, -0.2) is 9.37 Å². The molecule has 1 aromatic rings. The molecule has 0 aliphatic carbocycles. The van der Waals surface area contributed by atoms with Crippen molar-refractivity contribution in [1.82, 2.24) is 9.97 Å². The Kier molecular flexibility index (Phi) is 13.2. The molecule has 1 aromatic heterocycles. The van der Waals surface area contributed by atoms with Gasteiger partial charge in [0.1, 0.15) is 11.6 Å². The Bertz CT molecular complexity index is 1190. The van der Waals surface area contributed by atoms with E-state index in [2.05, 4.69) is 33.5 Å². The highest BCUT2D eigenvalue weighted by molar-refractivity contribution is 6.18. The number of aliphatic hydroxyl groups is 1. The number of nitrogens with one attached hydrogen (secondary N) is 1. The lowest BCUT2D eigenvalue weighted by atomic mass is 9.95. The summed E-state index contributed by atoms with van der Waals surface area (Å²) in [7, 11) is 1.87. The van der Waals surface area contributed by atoms with Crippen LogP contribution in [-0.2, 0) is 4.74 Å². The first kappa shape index (κ1) is 30.7. The van der Waals surface area contributed by atoms with E-state index in [0.717, 1.165) is 17.6 Å². The van der Waals surface area contributed by atoms with Crippen LogP contribution in [0.4, 0.5) is 16.2 Å². The first-order chi connectivity index (χ1) is 18.3. The zero-order valence-electron chi connectivity index (χ0n) is 22.3. The van der Waals surface area contributed by atoms with Gasteiger partial charge in [-0.3, -0.25) is 0 Å². The number of nitrogens with zero attached hydrogens (tertiary/aromatic N) is 3. The van der Waals surface area contributed by atoms with Gasteiger partial charge in [0.2, 0.25) is 5.95 Å². The Morgan fingerprint density at radius 2 is 2.24 bits per heavy atom. The summed E-state index contributed by atoms with van der Waals surface area (Å²) in [6, 6.07) is 0. The molecule has 202 valence electrons. The molecule has 0 amide bonds. The zero-order valence-corrected chi connectivity index (χ0v) is 23.0. The van der Waals surface area contributed by atoms with E-state index >= 15 is 0 Å². The van der Waals surface area contributed by atoms with Crippen LogP contribution >= 0.6 is 11.6 Å². The van der Waals surface area contributed by atoms with E-state index in [-0.39, 0.29) is 12.5 Å². The van der Waals surface area contributed by atoms with Gasteiger partial charge in [0.05, 0.1) is 13.2 Å². The highest BCUT2D eigenvalue weighted by Gasteiger charge is 2.15. The molecule has 0 aromatic carbocycles. The molecular weight excluding hydrogens is 503 g/mol. The topological polar surface area (TPSA) is 70.5 Å². The maximum Gasteiger partial charge on any atom is 0.224 e. The largest absolute Gasteiger partial charge is 0.486 e. The van der Waals surface area contributed by atoms with E-state index < -0.39 is 11.7 Å². The molecule has 0 radical (unpaired) electrons. The number of aromatic nitrogens is 2. The number of alkyl halides is 1. The SMILES string of the molecule is C#CC(C)C1=C=C(/C=C\CNc2ncc(C)c(N(C)/C=C\CC(CO)/C(=C/C=C\CCl)C(=C)F)n2)OCC1. The third-order valence-corrected chi connectivity index (χ3v) is 6.01. The van der Waals surface area contributed by atoms with Gasteiger partial charge < -0.3 is 20.1 Å². The predicted octanol–water partition coefficient (Wildman–Crippen LogP) is 6.01. The van der Waals surface area contributed by atoms with Crippen molar-refractivity contribution in [2.75, 3.05) is 42.9 Å². The Balaban J connectivity index is 2.03. The summed E-state index contributed by atoms with van der Waals surface area (Å²) in [5.74, 6) is 3.94. The zero-order chi connectivity index (χ0) is 27.9. The van der Waals surface area contributed by atoms with Crippen LogP contribution in [0.25, 0.3) is 0 Å². The summed E-state index contributed by atoms with van der Waals surface area (Å²) in [4.78, 5) is 10.8. The molecule has 0 spiro atoms. The monoisotopic (exact) mass is 538 g/mol. The highest BCUT2D eigenvalue weighted by Crippen LogP contribution is 2.24. The molecule has 1 aliphatic rings. The lowest BCUT2D eigenvalue weighted by Crippen LogP contribution is -2.15. The average molecular weight is 539 g/mol. The van der Waals surface area contributed by atoms with E-state index in [1.807, 2.05) is 50.2 Å². The molecule has 38 heavy (non-hydrogen) atoms. The van der Waals surface area contributed by atoms with E-state index in [4.69, 9.17) is 22.8 Å². The summed E-state index contributed by atoms with van der Waals surface area (Å²) in [5.41, 5.74) is 5.55. The number of ether oxygens (including phenoxy) is 1. The molecule has 8 heteroatoms. The number of aryl methyl sites for hydroxylation is 1. The van der Waals surface area contributed by atoms with Crippen LogP contribution in [0, 0.1) is 31.1 Å². The second kappa shape index (κ2) is 16.3. The Morgan fingerprint density at radius 1 is 1.45 bits per heavy atom. The fraction of sp³-hybridized carbons (Fsp3) is 0.367. The van der Waals surface area contributed by atoms with E-state index in [0.29, 0.717) is 48.6 Å². The van der Waals surface area contributed by atoms with Crippen LogP contribution < -0.4 is 10.2 Å². The fourth-order valence-corrected chi connectivity index (χ4v) is 3.76. The number of terminal acetylenes is 1. The first-order valence-electron chi connectivity index (χ1n) is 12.4. The molecule has 2 unspecified atom stereocenters. The molecule has 2 atom stereocenters. The number of aliphatic hydroxyl groups excluding tert-OH is 1. The Morgan fingerprint density at radius 3 is 2.92 bits per heavy atom. The minimum Gasteiger partial charge on any atom is -0.486 e. The third kappa shape index (κ3) is 9.72. The number of hydrogen-bond donors (Lipinski definition) is 2. The van der Waals surface area contributed by atoms with Crippen LogP contribution in [0.1, 0.15) is 25.3 Å². The van der Waals surface area contributed by atoms with Crippen molar-refractivity contribution in [3.8, 4) is 12.3 Å².